The lowest BCUT2D eigenvalue weighted by molar-refractivity contribution is -0.135. The van der Waals surface area contributed by atoms with Crippen LogP contribution in [0.1, 0.15) is 47.7 Å². The van der Waals surface area contributed by atoms with Crippen LogP contribution < -0.4 is 0 Å². The largest absolute Gasteiger partial charge is 0.338 e. The van der Waals surface area contributed by atoms with Gasteiger partial charge in [0, 0.05) is 37.8 Å². The number of likely N-dealkylation sites (tertiary alicyclic amines) is 1. The topological polar surface area (TPSA) is 78.0 Å². The van der Waals surface area contributed by atoms with Gasteiger partial charge in [0.2, 0.25) is 15.9 Å². The summed E-state index contributed by atoms with van der Waals surface area (Å²) in [4.78, 5) is 30.4. The molecule has 1 aliphatic heterocycles. The fourth-order valence-corrected chi connectivity index (χ4v) is 6.53. The minimum Gasteiger partial charge on any atom is -0.338 e. The lowest BCUT2D eigenvalue weighted by Gasteiger charge is -2.39. The normalized spacial score (nSPS) is 14.3. The second-order valence-electron chi connectivity index (χ2n) is 10.2. The van der Waals surface area contributed by atoms with Crippen molar-refractivity contribution in [2.45, 2.75) is 50.6 Å². The van der Waals surface area contributed by atoms with Crippen LogP contribution in [0.15, 0.2) is 83.8 Å². The van der Waals surface area contributed by atoms with Crippen LogP contribution in [0, 0.1) is 12.7 Å². The molecule has 3 aromatic carbocycles. The van der Waals surface area contributed by atoms with Crippen LogP contribution >= 0.6 is 0 Å². The number of carbonyl (C=O) groups excluding carboxylic acids is 2. The van der Waals surface area contributed by atoms with Crippen molar-refractivity contribution in [2.24, 2.45) is 0 Å². The van der Waals surface area contributed by atoms with Crippen LogP contribution in [0.2, 0.25) is 0 Å². The first-order valence-corrected chi connectivity index (χ1v) is 15.1. The summed E-state index contributed by atoms with van der Waals surface area (Å²) in [6.45, 7) is 4.79. The summed E-state index contributed by atoms with van der Waals surface area (Å²) in [5.41, 5.74) is 2.32. The van der Waals surface area contributed by atoms with E-state index in [1.807, 2.05) is 38.1 Å². The molecule has 1 saturated heterocycles. The molecular weight excluding hydrogens is 529 g/mol. The number of nitrogens with zero attached hydrogens (tertiary/aromatic N) is 3. The Labute approximate surface area is 236 Å². The molecule has 9 heteroatoms. The van der Waals surface area contributed by atoms with Crippen molar-refractivity contribution in [2.75, 3.05) is 26.2 Å². The Kier molecular flexibility index (Phi) is 9.71. The van der Waals surface area contributed by atoms with E-state index in [1.54, 1.807) is 40.1 Å². The Morgan fingerprint density at radius 2 is 1.62 bits per heavy atom. The first kappa shape index (κ1) is 29.4. The highest BCUT2D eigenvalue weighted by atomic mass is 32.2. The van der Waals surface area contributed by atoms with E-state index in [0.29, 0.717) is 43.5 Å². The average molecular weight is 566 g/mol. The lowest BCUT2D eigenvalue weighted by atomic mass is 10.0. The number of rotatable bonds is 10. The number of hydrogen-bond donors (Lipinski definition) is 0. The molecule has 0 aliphatic carbocycles. The number of hydrogen-bond acceptors (Lipinski definition) is 4. The van der Waals surface area contributed by atoms with Crippen LogP contribution in [0.3, 0.4) is 0 Å². The van der Waals surface area contributed by atoms with E-state index in [9.17, 15) is 22.4 Å². The highest BCUT2D eigenvalue weighted by molar-refractivity contribution is 7.89. The Morgan fingerprint density at radius 3 is 2.25 bits per heavy atom. The Hall–Kier alpha value is -3.56. The Morgan fingerprint density at radius 1 is 0.950 bits per heavy atom. The summed E-state index contributed by atoms with van der Waals surface area (Å²) in [6.07, 6.45) is 1.62. The molecule has 0 saturated carbocycles. The highest BCUT2D eigenvalue weighted by Gasteiger charge is 2.33. The van der Waals surface area contributed by atoms with Crippen molar-refractivity contribution in [1.29, 1.82) is 0 Å². The predicted molar refractivity (Wildman–Crippen MR) is 153 cm³/mol. The summed E-state index contributed by atoms with van der Waals surface area (Å²) < 4.78 is 42.0. The van der Waals surface area contributed by atoms with Crippen LogP contribution in [0.5, 0.6) is 0 Å². The molecule has 0 unspecified atom stereocenters. The summed E-state index contributed by atoms with van der Waals surface area (Å²) in [6, 6.07) is 21.4. The molecule has 0 spiro atoms. The minimum atomic E-state index is -3.88. The molecule has 0 radical (unpaired) electrons. The molecular formula is C31H36FN3O4S. The van der Waals surface area contributed by atoms with Gasteiger partial charge in [-0.2, -0.15) is 4.31 Å². The number of aryl methyl sites for hydroxylation is 1. The molecule has 7 nitrogen and oxygen atoms in total. The predicted octanol–water partition coefficient (Wildman–Crippen LogP) is 4.87. The molecule has 2 amide bonds. The van der Waals surface area contributed by atoms with Gasteiger partial charge in [0.05, 0.1) is 11.4 Å². The maximum absolute atomic E-state index is 14.0. The fraction of sp³-hybridized carbons (Fsp3) is 0.355. The number of piperidine rings is 1. The van der Waals surface area contributed by atoms with Gasteiger partial charge in [-0.15, -0.1) is 0 Å². The van der Waals surface area contributed by atoms with E-state index in [-0.39, 0.29) is 42.4 Å². The Bertz CT molecular complexity index is 1410. The monoisotopic (exact) mass is 565 g/mol. The van der Waals surface area contributed by atoms with Crippen molar-refractivity contribution >= 4 is 21.8 Å². The number of benzene rings is 3. The molecule has 3 aromatic rings. The third-order valence-electron chi connectivity index (χ3n) is 7.22. The van der Waals surface area contributed by atoms with E-state index >= 15 is 0 Å². The summed E-state index contributed by atoms with van der Waals surface area (Å²) in [5.74, 6) is -0.798. The molecule has 1 heterocycles. The van der Waals surface area contributed by atoms with Gasteiger partial charge in [0.25, 0.3) is 5.91 Å². The quantitative estimate of drug-likeness (QED) is 0.352. The van der Waals surface area contributed by atoms with Gasteiger partial charge in [0.15, 0.2) is 0 Å². The average Bonchev–Trinajstić information content (AvgIpc) is 2.96. The maximum Gasteiger partial charge on any atom is 0.253 e. The third kappa shape index (κ3) is 7.14. The smallest absolute Gasteiger partial charge is 0.253 e. The van der Waals surface area contributed by atoms with Gasteiger partial charge in [-0.25, -0.2) is 12.8 Å². The number of amides is 2. The van der Waals surface area contributed by atoms with E-state index in [1.165, 1.54) is 28.6 Å². The number of halogens is 1. The molecule has 40 heavy (non-hydrogen) atoms. The fourth-order valence-electron chi connectivity index (χ4n) is 5.03. The number of sulfonamides is 1. The van der Waals surface area contributed by atoms with E-state index in [0.717, 1.165) is 5.56 Å². The van der Waals surface area contributed by atoms with Gasteiger partial charge in [-0.3, -0.25) is 9.59 Å². The van der Waals surface area contributed by atoms with E-state index in [2.05, 4.69) is 0 Å². The van der Waals surface area contributed by atoms with Crippen LogP contribution in [0.4, 0.5) is 4.39 Å². The van der Waals surface area contributed by atoms with Crippen molar-refractivity contribution < 1.29 is 22.4 Å². The summed E-state index contributed by atoms with van der Waals surface area (Å²) in [5, 5.41) is 0. The third-order valence-corrected chi connectivity index (χ3v) is 9.08. The van der Waals surface area contributed by atoms with Gasteiger partial charge >= 0.3 is 0 Å². The maximum atomic E-state index is 14.0. The van der Waals surface area contributed by atoms with Crippen molar-refractivity contribution in [3.05, 3.63) is 101 Å². The zero-order chi connectivity index (χ0) is 28.7. The zero-order valence-corrected chi connectivity index (χ0v) is 23.8. The van der Waals surface area contributed by atoms with Crippen LogP contribution in [-0.4, -0.2) is 66.6 Å². The molecule has 0 aromatic heterocycles. The van der Waals surface area contributed by atoms with E-state index < -0.39 is 15.8 Å². The number of carbonyl (C=O) groups is 2. The van der Waals surface area contributed by atoms with Gasteiger partial charge < -0.3 is 9.80 Å². The molecule has 4 rings (SSSR count). The molecule has 0 N–H and O–H groups in total. The lowest BCUT2D eigenvalue weighted by Crippen LogP contribution is -2.51. The van der Waals surface area contributed by atoms with Crippen molar-refractivity contribution in [1.82, 2.24) is 14.1 Å². The summed E-state index contributed by atoms with van der Waals surface area (Å²) >= 11 is 0. The molecule has 212 valence electrons. The van der Waals surface area contributed by atoms with Crippen LogP contribution in [-0.2, 0) is 21.4 Å². The molecule has 1 fully saturated rings. The van der Waals surface area contributed by atoms with Gasteiger partial charge in [0.1, 0.15) is 5.82 Å². The molecule has 0 bridgehead atoms. The van der Waals surface area contributed by atoms with Gasteiger partial charge in [-0.05, 0) is 68.1 Å². The van der Waals surface area contributed by atoms with Crippen molar-refractivity contribution in [3.8, 4) is 0 Å². The van der Waals surface area contributed by atoms with Crippen molar-refractivity contribution in [3.63, 3.8) is 0 Å². The highest BCUT2D eigenvalue weighted by Crippen LogP contribution is 2.23. The Balaban J connectivity index is 1.53. The van der Waals surface area contributed by atoms with Crippen LogP contribution in [0.25, 0.3) is 0 Å². The first-order valence-electron chi connectivity index (χ1n) is 13.6. The second-order valence-corrected chi connectivity index (χ2v) is 12.1. The SMILES string of the molecule is CCCN(CC(=O)N(Cc1cccc(F)c1)C1CCN(C(=O)c2ccc(C)cc2)CC1)S(=O)(=O)c1ccccc1. The first-order chi connectivity index (χ1) is 19.2. The standard InChI is InChI=1S/C31H36FN3O4S/c1-3-18-34(40(38,39)29-10-5-4-6-11-29)23-30(36)35(22-25-8-7-9-27(32)21-25)28-16-19-33(20-17-28)31(37)26-14-12-24(2)13-15-26/h4-15,21,28H,3,16-20,22-23H2,1-2H3. The zero-order valence-electron chi connectivity index (χ0n) is 23.0. The molecule has 0 atom stereocenters. The summed E-state index contributed by atoms with van der Waals surface area (Å²) in [7, 11) is -3.88. The second kappa shape index (κ2) is 13.2. The van der Waals surface area contributed by atoms with E-state index in [4.69, 9.17) is 0 Å². The van der Waals surface area contributed by atoms with Gasteiger partial charge in [-0.1, -0.05) is 55.0 Å². The minimum absolute atomic E-state index is 0.0514. The molecule has 1 aliphatic rings.